The van der Waals surface area contributed by atoms with Crippen molar-refractivity contribution in [3.8, 4) is 0 Å². The Kier molecular flexibility index (Phi) is 21.9. The van der Waals surface area contributed by atoms with Crippen molar-refractivity contribution in [3.63, 3.8) is 0 Å². The van der Waals surface area contributed by atoms with E-state index in [1.165, 1.54) is 0 Å². The molecule has 0 aromatic carbocycles. The van der Waals surface area contributed by atoms with Crippen molar-refractivity contribution in [2.24, 2.45) is 0 Å². The number of carboxylic acid groups (broad SMARTS) is 2. The van der Waals surface area contributed by atoms with Crippen LogP contribution in [0.1, 0.15) is 0 Å². The Bertz CT molecular complexity index is 161. The summed E-state index contributed by atoms with van der Waals surface area (Å²) in [5, 5.41) is 13.9. The summed E-state index contributed by atoms with van der Waals surface area (Å²) in [6.07, 6.45) is -1.83. The summed E-state index contributed by atoms with van der Waals surface area (Å²) in [5.41, 5.74) is 0. The first kappa shape index (κ1) is 22.6. The monoisotopic (exact) mass is 247 g/mol. The van der Waals surface area contributed by atoms with Crippen LogP contribution in [0.15, 0.2) is 0 Å². The van der Waals surface area contributed by atoms with Gasteiger partial charge in [-0.15, -0.1) is 0 Å². The molecular weight excluding hydrogens is 243 g/mol. The Morgan fingerprint density at radius 1 is 1.09 bits per heavy atom. The maximum absolute atomic E-state index is 8.74. The van der Waals surface area contributed by atoms with Gasteiger partial charge in [-0.1, -0.05) is 0 Å². The van der Waals surface area contributed by atoms with Crippen LogP contribution in [0.2, 0.25) is 0 Å². The van der Waals surface area contributed by atoms with Crippen molar-refractivity contribution >= 4 is 46.1 Å². The molecule has 7 nitrogen and oxygen atoms in total. The summed E-state index contributed by atoms with van der Waals surface area (Å²) in [5.74, 6) is 0. The van der Waals surface area contributed by atoms with Crippen LogP contribution in [0, 0.1) is 0 Å². The van der Waals surface area contributed by atoms with Crippen LogP contribution in [0.4, 0.5) is 4.79 Å². The molecule has 4 N–H and O–H groups in total. The summed E-state index contributed by atoms with van der Waals surface area (Å²) >= 11 is 0. The molecule has 0 aliphatic rings. The molecule has 0 bridgehead atoms. The Morgan fingerprint density at radius 3 is 1.09 bits per heavy atom. The number of carbonyl (C=O) groups is 1. The molecule has 0 aromatic rings. The molecule has 1 radical (unpaired) electrons. The first-order valence-corrected chi connectivity index (χ1v) is 2.75. The van der Waals surface area contributed by atoms with E-state index in [0.717, 1.165) is 0 Å². The molecule has 0 aliphatic carbocycles. The Hall–Kier alpha value is 0.659. The summed E-state index contributed by atoms with van der Waals surface area (Å²) < 4.78 is 31.6. The number of hydrogen-bond donors (Lipinski definition) is 4. The predicted octanol–water partition coefficient (Wildman–Crippen LogP) is -1.08. The van der Waals surface area contributed by atoms with Crippen LogP contribution in [0.3, 0.4) is 0 Å². The van der Waals surface area contributed by atoms with E-state index in [-0.39, 0.29) is 46.6 Å². The number of hydrogen-bond acceptors (Lipinski definition) is 3. The average molecular weight is 248 g/mol. The summed E-state index contributed by atoms with van der Waals surface area (Å²) in [6.45, 7) is 0. The molecule has 0 aliphatic heterocycles. The summed E-state index contributed by atoms with van der Waals surface area (Å²) in [4.78, 5) is 8.56. The van der Waals surface area contributed by atoms with Crippen molar-refractivity contribution in [1.82, 2.24) is 0 Å². The van der Waals surface area contributed by atoms with Gasteiger partial charge >= 0.3 is 46.1 Å². The van der Waals surface area contributed by atoms with Crippen LogP contribution in [-0.4, -0.2) is 63.4 Å². The molecule has 0 atom stereocenters. The van der Waals surface area contributed by atoms with E-state index < -0.39 is 16.6 Å². The standard InChI is InChI=1S/CH2O3.Cu.Na.H2O4S.H/c2-1(3)4;;;1-5(2,3)4;/h(H2,2,3,4);;;(H2,1,2,3,4);. The molecule has 69 valence electrons. The molecule has 0 heterocycles. The van der Waals surface area contributed by atoms with Gasteiger partial charge in [0.25, 0.3) is 0 Å². The van der Waals surface area contributed by atoms with Gasteiger partial charge < -0.3 is 10.2 Å². The summed E-state index contributed by atoms with van der Waals surface area (Å²) in [7, 11) is -4.67. The Morgan fingerprint density at radius 2 is 1.09 bits per heavy atom. The molecule has 0 unspecified atom stereocenters. The van der Waals surface area contributed by atoms with Crippen molar-refractivity contribution in [2.45, 2.75) is 0 Å². The quantitative estimate of drug-likeness (QED) is 0.316. The van der Waals surface area contributed by atoms with Gasteiger partial charge in [0.15, 0.2) is 0 Å². The SMILES string of the molecule is O=C(O)O.O=S(=O)(O)O.[Cu].[NaH]. The Balaban J connectivity index is -0.0000000383. The third kappa shape index (κ3) is 1840. The summed E-state index contributed by atoms with van der Waals surface area (Å²) in [6, 6.07) is 0. The van der Waals surface area contributed by atoms with Crippen molar-refractivity contribution in [1.29, 1.82) is 0 Å². The van der Waals surface area contributed by atoms with Gasteiger partial charge in [-0.2, -0.15) is 8.42 Å². The van der Waals surface area contributed by atoms with Crippen LogP contribution in [0.5, 0.6) is 0 Å². The van der Waals surface area contributed by atoms with Gasteiger partial charge in [0, 0.05) is 17.1 Å². The van der Waals surface area contributed by atoms with E-state index in [1.807, 2.05) is 0 Å². The second-order valence-corrected chi connectivity index (χ2v) is 1.63. The third-order valence-electron chi connectivity index (χ3n) is 0. The zero-order valence-electron chi connectivity index (χ0n) is 4.22. The molecular formula is CH5CuNaO7S. The zero-order chi connectivity index (χ0) is 8.08. The van der Waals surface area contributed by atoms with E-state index in [2.05, 4.69) is 0 Å². The van der Waals surface area contributed by atoms with E-state index >= 15 is 0 Å². The van der Waals surface area contributed by atoms with Gasteiger partial charge in [0.05, 0.1) is 0 Å². The molecule has 0 saturated carbocycles. The number of rotatable bonds is 0. The van der Waals surface area contributed by atoms with Crippen molar-refractivity contribution in [3.05, 3.63) is 0 Å². The molecule has 0 fully saturated rings. The first-order chi connectivity index (χ1) is 3.73. The predicted molar refractivity (Wildman–Crippen MR) is 32.0 cm³/mol. The average Bonchev–Trinajstić information content (AvgIpc) is 1.19. The van der Waals surface area contributed by atoms with Crippen molar-refractivity contribution < 1.29 is 49.6 Å². The molecule has 0 aromatic heterocycles. The minimum atomic E-state index is -4.67. The van der Waals surface area contributed by atoms with Gasteiger partial charge in [0.2, 0.25) is 0 Å². The zero-order valence-corrected chi connectivity index (χ0v) is 5.98. The van der Waals surface area contributed by atoms with Gasteiger partial charge in [0.1, 0.15) is 0 Å². The third-order valence-corrected chi connectivity index (χ3v) is 0. The topological polar surface area (TPSA) is 132 Å². The Labute approximate surface area is 95.1 Å². The molecule has 0 saturated heterocycles. The van der Waals surface area contributed by atoms with Crippen LogP contribution in [0.25, 0.3) is 0 Å². The van der Waals surface area contributed by atoms with Crippen LogP contribution >= 0.6 is 0 Å². The van der Waals surface area contributed by atoms with Gasteiger partial charge in [-0.25, -0.2) is 4.79 Å². The first-order valence-electron chi connectivity index (χ1n) is 1.35. The fraction of sp³-hybridized carbons (Fsp3) is 0. The second kappa shape index (κ2) is 10.7. The van der Waals surface area contributed by atoms with Gasteiger partial charge in [-0.3, -0.25) is 9.11 Å². The molecule has 0 amide bonds. The van der Waals surface area contributed by atoms with Crippen LogP contribution in [-0.2, 0) is 27.5 Å². The molecule has 0 spiro atoms. The fourth-order valence-electron chi connectivity index (χ4n) is 0. The van der Waals surface area contributed by atoms with E-state index in [0.29, 0.717) is 0 Å². The maximum atomic E-state index is 8.74. The normalized spacial score (nSPS) is 7.45. The van der Waals surface area contributed by atoms with E-state index in [4.69, 9.17) is 32.5 Å². The fourth-order valence-corrected chi connectivity index (χ4v) is 0. The second-order valence-electron chi connectivity index (χ2n) is 0.730. The van der Waals surface area contributed by atoms with Crippen LogP contribution < -0.4 is 0 Å². The van der Waals surface area contributed by atoms with Crippen molar-refractivity contribution in [2.75, 3.05) is 0 Å². The molecule has 0 rings (SSSR count). The van der Waals surface area contributed by atoms with E-state index in [9.17, 15) is 0 Å². The minimum absolute atomic E-state index is 0. The molecule has 11 heavy (non-hydrogen) atoms. The van der Waals surface area contributed by atoms with Gasteiger partial charge in [-0.05, 0) is 0 Å². The van der Waals surface area contributed by atoms with E-state index in [1.54, 1.807) is 0 Å². The molecule has 10 heteroatoms.